The second kappa shape index (κ2) is 8.96. The summed E-state index contributed by atoms with van der Waals surface area (Å²) in [6.45, 7) is 15.7. The van der Waals surface area contributed by atoms with Crippen LogP contribution in [0.4, 0.5) is 0 Å². The molecule has 0 unspecified atom stereocenters. The molecule has 0 aliphatic carbocycles. The van der Waals surface area contributed by atoms with Gasteiger partial charge in [0.2, 0.25) is 0 Å². The van der Waals surface area contributed by atoms with Gasteiger partial charge in [0.1, 0.15) is 0 Å². The molecule has 16 heavy (non-hydrogen) atoms. The molecule has 0 heterocycles. The van der Waals surface area contributed by atoms with Crippen LogP contribution in [0.5, 0.6) is 0 Å². The van der Waals surface area contributed by atoms with Crippen LogP contribution in [-0.2, 0) is 0 Å². The molecular weight excluding hydrogens is 190 g/mol. The van der Waals surface area contributed by atoms with Gasteiger partial charge in [0.05, 0.1) is 0 Å². The zero-order chi connectivity index (χ0) is 12.6. The average Bonchev–Trinajstić information content (AvgIpc) is 2.33. The summed E-state index contributed by atoms with van der Waals surface area (Å²) in [7, 11) is 0. The van der Waals surface area contributed by atoms with E-state index in [0.717, 1.165) is 13.4 Å². The third kappa shape index (κ3) is 4.03. The summed E-state index contributed by atoms with van der Waals surface area (Å²) in [5.41, 5.74) is 3.56. The van der Waals surface area contributed by atoms with Gasteiger partial charge in [-0.1, -0.05) is 66.8 Å². The van der Waals surface area contributed by atoms with Crippen molar-refractivity contribution in [1.29, 1.82) is 0 Å². The quantitative estimate of drug-likeness (QED) is 0.490. The lowest BCUT2D eigenvalue weighted by atomic mass is 9.31. The van der Waals surface area contributed by atoms with Crippen molar-refractivity contribution in [3.8, 4) is 0 Å². The summed E-state index contributed by atoms with van der Waals surface area (Å²) in [6, 6.07) is 0. The van der Waals surface area contributed by atoms with Crippen molar-refractivity contribution in [1.82, 2.24) is 0 Å². The van der Waals surface area contributed by atoms with E-state index in [0.29, 0.717) is 0 Å². The maximum Gasteiger partial charge on any atom is 0.168 e. The van der Waals surface area contributed by atoms with Crippen LogP contribution >= 0.6 is 0 Å². The summed E-state index contributed by atoms with van der Waals surface area (Å²) in [6.07, 6.45) is 7.75. The minimum atomic E-state index is 0.834. The second-order valence-electron chi connectivity index (χ2n) is 4.78. The van der Waals surface area contributed by atoms with Crippen molar-refractivity contribution >= 4 is 13.4 Å². The Morgan fingerprint density at radius 3 is 0.938 bits per heavy atom. The van der Waals surface area contributed by atoms with Gasteiger partial charge >= 0.3 is 0 Å². The molecule has 0 rings (SSSR count). The van der Waals surface area contributed by atoms with Crippen molar-refractivity contribution < 1.29 is 0 Å². The molecular formula is C14H30B2. The molecule has 0 aliphatic rings. The monoisotopic (exact) mass is 220 g/mol. The summed E-state index contributed by atoms with van der Waals surface area (Å²) in [5, 5.41) is 0. The molecule has 0 fully saturated rings. The Labute approximate surface area is 104 Å². The Balaban J connectivity index is 5.16. The SMILES string of the molecule is CCB(CC)/C(CC)=C(\CC)B(CC)CC. The highest BCUT2D eigenvalue weighted by atomic mass is 14.0. The van der Waals surface area contributed by atoms with Gasteiger partial charge in [0, 0.05) is 0 Å². The molecule has 0 saturated carbocycles. The Morgan fingerprint density at radius 2 is 0.812 bits per heavy atom. The first-order valence-corrected chi connectivity index (χ1v) is 7.41. The Kier molecular flexibility index (Phi) is 8.89. The molecule has 0 atom stereocenters. The predicted molar refractivity (Wildman–Crippen MR) is 81.0 cm³/mol. The number of rotatable bonds is 8. The molecule has 2 heteroatoms. The molecule has 0 radical (unpaired) electrons. The Bertz CT molecular complexity index is 179. The van der Waals surface area contributed by atoms with Gasteiger partial charge in [-0.2, -0.15) is 0 Å². The molecule has 0 nitrogen and oxygen atoms in total. The molecule has 0 bridgehead atoms. The van der Waals surface area contributed by atoms with Crippen LogP contribution in [0.1, 0.15) is 54.4 Å². The van der Waals surface area contributed by atoms with E-state index >= 15 is 0 Å². The molecule has 92 valence electrons. The maximum atomic E-state index is 2.34. The van der Waals surface area contributed by atoms with Gasteiger partial charge in [-0.25, -0.2) is 0 Å². The van der Waals surface area contributed by atoms with Crippen LogP contribution in [0.25, 0.3) is 0 Å². The fourth-order valence-electron chi connectivity index (χ4n) is 3.12. The summed E-state index contributed by atoms with van der Waals surface area (Å²) in [4.78, 5) is 0. The average molecular weight is 220 g/mol. The standard InChI is InChI=1S/C14H30B2/c1-7-13(15(9-3)10-4)14(8-2)16(11-5)12-6/h7-12H2,1-6H3/b14-13+. The molecule has 0 aliphatic heterocycles. The molecule has 0 spiro atoms. The van der Waals surface area contributed by atoms with E-state index in [4.69, 9.17) is 0 Å². The van der Waals surface area contributed by atoms with E-state index in [1.807, 2.05) is 0 Å². The fourth-order valence-corrected chi connectivity index (χ4v) is 3.12. The first-order chi connectivity index (χ1) is 7.69. The van der Waals surface area contributed by atoms with E-state index in [2.05, 4.69) is 41.5 Å². The third-order valence-corrected chi connectivity index (χ3v) is 4.13. The lowest BCUT2D eigenvalue weighted by molar-refractivity contribution is 1.07. The summed E-state index contributed by atoms with van der Waals surface area (Å²) in [5.74, 6) is 0. The van der Waals surface area contributed by atoms with Crippen molar-refractivity contribution in [2.24, 2.45) is 0 Å². The number of allylic oxidation sites excluding steroid dienone is 2. The minimum absolute atomic E-state index is 0.834. The van der Waals surface area contributed by atoms with Crippen molar-refractivity contribution in [3.63, 3.8) is 0 Å². The lowest BCUT2D eigenvalue weighted by Gasteiger charge is -2.22. The molecule has 0 aromatic rings. The highest BCUT2D eigenvalue weighted by Crippen LogP contribution is 2.25. The zero-order valence-electron chi connectivity index (χ0n) is 12.4. The van der Waals surface area contributed by atoms with Gasteiger partial charge in [-0.3, -0.25) is 0 Å². The topological polar surface area (TPSA) is 0 Å². The second-order valence-corrected chi connectivity index (χ2v) is 4.78. The van der Waals surface area contributed by atoms with Crippen LogP contribution in [0.15, 0.2) is 10.9 Å². The third-order valence-electron chi connectivity index (χ3n) is 4.13. The molecule has 0 aromatic heterocycles. The molecule has 0 saturated heterocycles. The largest absolute Gasteiger partial charge is 0.168 e. The Hall–Kier alpha value is -0.130. The zero-order valence-corrected chi connectivity index (χ0v) is 12.4. The van der Waals surface area contributed by atoms with Crippen LogP contribution < -0.4 is 0 Å². The highest BCUT2D eigenvalue weighted by molar-refractivity contribution is 6.73. The van der Waals surface area contributed by atoms with Crippen LogP contribution in [0.3, 0.4) is 0 Å². The minimum Gasteiger partial charge on any atom is -0.111 e. The first kappa shape index (κ1) is 15.9. The number of hydrogen-bond acceptors (Lipinski definition) is 0. The number of hydrogen-bond donors (Lipinski definition) is 0. The van der Waals surface area contributed by atoms with E-state index in [1.54, 1.807) is 10.9 Å². The predicted octanol–water partition coefficient (Wildman–Crippen LogP) is 5.25. The van der Waals surface area contributed by atoms with Crippen molar-refractivity contribution in [2.75, 3.05) is 0 Å². The normalized spacial score (nSPS) is 12.4. The molecule has 0 aromatic carbocycles. The molecule has 0 amide bonds. The van der Waals surface area contributed by atoms with Crippen LogP contribution in [-0.4, -0.2) is 13.4 Å². The van der Waals surface area contributed by atoms with Gasteiger partial charge in [0.15, 0.2) is 13.4 Å². The van der Waals surface area contributed by atoms with Crippen LogP contribution in [0.2, 0.25) is 25.3 Å². The van der Waals surface area contributed by atoms with Gasteiger partial charge in [-0.15, -0.1) is 10.9 Å². The summed E-state index contributed by atoms with van der Waals surface area (Å²) >= 11 is 0. The Morgan fingerprint density at radius 1 is 0.562 bits per heavy atom. The highest BCUT2D eigenvalue weighted by Gasteiger charge is 2.21. The van der Waals surface area contributed by atoms with Crippen molar-refractivity contribution in [3.05, 3.63) is 10.9 Å². The maximum absolute atomic E-state index is 2.34. The summed E-state index contributed by atoms with van der Waals surface area (Å²) < 4.78 is 0. The van der Waals surface area contributed by atoms with Gasteiger partial charge in [0.25, 0.3) is 0 Å². The van der Waals surface area contributed by atoms with E-state index < -0.39 is 0 Å². The van der Waals surface area contributed by atoms with Crippen molar-refractivity contribution in [2.45, 2.75) is 79.7 Å². The first-order valence-electron chi connectivity index (χ1n) is 7.41. The lowest BCUT2D eigenvalue weighted by Crippen LogP contribution is -2.23. The van der Waals surface area contributed by atoms with E-state index in [-0.39, 0.29) is 0 Å². The smallest absolute Gasteiger partial charge is 0.111 e. The van der Waals surface area contributed by atoms with Gasteiger partial charge < -0.3 is 0 Å². The van der Waals surface area contributed by atoms with Gasteiger partial charge in [-0.05, 0) is 12.8 Å². The van der Waals surface area contributed by atoms with Crippen LogP contribution in [0, 0.1) is 0 Å². The fraction of sp³-hybridized carbons (Fsp3) is 0.857. The van der Waals surface area contributed by atoms with E-state index in [1.165, 1.54) is 38.1 Å². The van der Waals surface area contributed by atoms with E-state index in [9.17, 15) is 0 Å². The molecule has 0 N–H and O–H groups in total.